The lowest BCUT2D eigenvalue weighted by Gasteiger charge is -2.07. The molecule has 6 heteroatoms. The monoisotopic (exact) mass is 263 g/mol. The largest absolute Gasteiger partial charge is 0.320 e. The number of nitrogens with two attached hydrogens (primary N) is 2. The maximum atomic E-state index is 11.0. The fourth-order valence-electron chi connectivity index (χ4n) is 0.878. The lowest BCUT2D eigenvalue weighted by Crippen LogP contribution is -2.44. The molecule has 1 unspecified atom stereocenters. The highest BCUT2D eigenvalue weighted by molar-refractivity contribution is 9.11. The van der Waals surface area contributed by atoms with E-state index in [0.717, 1.165) is 8.66 Å². The third kappa shape index (κ3) is 3.07. The minimum Gasteiger partial charge on any atom is -0.320 e. The normalized spacial score (nSPS) is 12.5. The van der Waals surface area contributed by atoms with Crippen molar-refractivity contribution >= 4 is 33.2 Å². The summed E-state index contributed by atoms with van der Waals surface area (Å²) < 4.78 is 1.03. The van der Waals surface area contributed by atoms with Crippen molar-refractivity contribution in [2.75, 3.05) is 0 Å². The van der Waals surface area contributed by atoms with Gasteiger partial charge in [-0.15, -0.1) is 11.3 Å². The summed E-state index contributed by atoms with van der Waals surface area (Å²) in [5.41, 5.74) is 7.59. The van der Waals surface area contributed by atoms with Crippen LogP contribution in [-0.4, -0.2) is 11.9 Å². The molecule has 0 bridgehead atoms. The fraction of sp³-hybridized carbons (Fsp3) is 0.286. The molecule has 0 aliphatic heterocycles. The van der Waals surface area contributed by atoms with Crippen molar-refractivity contribution in [1.82, 2.24) is 5.43 Å². The van der Waals surface area contributed by atoms with Crippen LogP contribution in [0.15, 0.2) is 15.9 Å². The molecule has 13 heavy (non-hydrogen) atoms. The van der Waals surface area contributed by atoms with Gasteiger partial charge in [0.15, 0.2) is 0 Å². The highest BCUT2D eigenvalue weighted by Crippen LogP contribution is 2.22. The number of hydrogen-bond acceptors (Lipinski definition) is 4. The summed E-state index contributed by atoms with van der Waals surface area (Å²) in [7, 11) is 0. The second-order valence-corrected chi connectivity index (χ2v) is 5.07. The van der Waals surface area contributed by atoms with Crippen LogP contribution in [0.3, 0.4) is 0 Å². The Kier molecular flexibility index (Phi) is 3.86. The Morgan fingerprint density at radius 2 is 2.38 bits per heavy atom. The van der Waals surface area contributed by atoms with Crippen LogP contribution in [0.1, 0.15) is 4.88 Å². The molecule has 1 atom stereocenters. The first kappa shape index (κ1) is 10.6. The molecule has 72 valence electrons. The van der Waals surface area contributed by atoms with E-state index in [1.165, 1.54) is 0 Å². The van der Waals surface area contributed by atoms with Gasteiger partial charge in [-0.2, -0.15) is 0 Å². The third-order valence-corrected chi connectivity index (χ3v) is 3.17. The molecule has 1 amide bonds. The highest BCUT2D eigenvalue weighted by Gasteiger charge is 2.13. The van der Waals surface area contributed by atoms with Gasteiger partial charge < -0.3 is 5.73 Å². The van der Waals surface area contributed by atoms with Crippen LogP contribution in [0.4, 0.5) is 0 Å². The lowest BCUT2D eigenvalue weighted by atomic mass is 10.2. The zero-order valence-corrected chi connectivity index (χ0v) is 9.19. The summed E-state index contributed by atoms with van der Waals surface area (Å²) in [6.45, 7) is 0. The highest BCUT2D eigenvalue weighted by atomic mass is 79.9. The summed E-state index contributed by atoms with van der Waals surface area (Å²) >= 11 is 4.89. The smallest absolute Gasteiger partial charge is 0.251 e. The Balaban J connectivity index is 2.54. The Bertz CT molecular complexity index is 302. The number of hydrogen-bond donors (Lipinski definition) is 3. The SMILES string of the molecule is NNC(=O)C(N)Cc1ccc(Br)s1. The minimum atomic E-state index is -0.574. The fourth-order valence-corrected chi connectivity index (χ4v) is 2.42. The van der Waals surface area contributed by atoms with Crippen molar-refractivity contribution in [3.63, 3.8) is 0 Å². The average molecular weight is 264 g/mol. The molecule has 0 aliphatic rings. The zero-order valence-electron chi connectivity index (χ0n) is 6.79. The van der Waals surface area contributed by atoms with E-state index in [4.69, 9.17) is 11.6 Å². The third-order valence-electron chi connectivity index (χ3n) is 1.53. The molecule has 0 saturated heterocycles. The summed E-state index contributed by atoms with van der Waals surface area (Å²) in [6.07, 6.45) is 0.513. The van der Waals surface area contributed by atoms with Crippen molar-refractivity contribution in [1.29, 1.82) is 0 Å². The number of nitrogens with one attached hydrogen (secondary N) is 1. The topological polar surface area (TPSA) is 81.1 Å². The average Bonchev–Trinajstić information content (AvgIpc) is 2.49. The zero-order chi connectivity index (χ0) is 9.84. The first-order chi connectivity index (χ1) is 6.13. The van der Waals surface area contributed by atoms with E-state index in [9.17, 15) is 4.79 Å². The summed E-state index contributed by atoms with van der Waals surface area (Å²) in [4.78, 5) is 12.0. The van der Waals surface area contributed by atoms with E-state index in [-0.39, 0.29) is 5.91 Å². The predicted molar refractivity (Wildman–Crippen MR) is 56.0 cm³/mol. The van der Waals surface area contributed by atoms with Crippen LogP contribution in [0.25, 0.3) is 0 Å². The Hall–Kier alpha value is -0.430. The Labute approximate surface area is 88.4 Å². The molecule has 0 fully saturated rings. The first-order valence-electron chi connectivity index (χ1n) is 3.63. The molecule has 1 rings (SSSR count). The second kappa shape index (κ2) is 4.71. The van der Waals surface area contributed by atoms with Crippen LogP contribution in [0, 0.1) is 0 Å². The van der Waals surface area contributed by atoms with Crippen LogP contribution in [0.5, 0.6) is 0 Å². The summed E-state index contributed by atoms with van der Waals surface area (Å²) in [5, 5.41) is 0. The van der Waals surface area contributed by atoms with Gasteiger partial charge in [-0.3, -0.25) is 10.2 Å². The molecule has 1 aromatic rings. The number of thiophene rings is 1. The van der Waals surface area contributed by atoms with Gasteiger partial charge in [0.2, 0.25) is 0 Å². The van der Waals surface area contributed by atoms with Crippen LogP contribution >= 0.6 is 27.3 Å². The molecule has 0 spiro atoms. The van der Waals surface area contributed by atoms with E-state index in [1.807, 2.05) is 17.6 Å². The van der Waals surface area contributed by atoms with Crippen molar-refractivity contribution in [3.05, 3.63) is 20.8 Å². The van der Waals surface area contributed by atoms with Gasteiger partial charge in [-0.1, -0.05) is 0 Å². The second-order valence-electron chi connectivity index (χ2n) is 2.53. The Morgan fingerprint density at radius 1 is 1.69 bits per heavy atom. The van der Waals surface area contributed by atoms with E-state index in [0.29, 0.717) is 6.42 Å². The van der Waals surface area contributed by atoms with Gasteiger partial charge in [0, 0.05) is 11.3 Å². The molecule has 0 aromatic carbocycles. The molecule has 1 heterocycles. The summed E-state index contributed by atoms with van der Waals surface area (Å²) in [5.74, 6) is 4.60. The number of halogens is 1. The van der Waals surface area contributed by atoms with E-state index in [2.05, 4.69) is 15.9 Å². The van der Waals surface area contributed by atoms with Crippen molar-refractivity contribution in [3.8, 4) is 0 Å². The molecular formula is C7H10BrN3OS. The van der Waals surface area contributed by atoms with Crippen LogP contribution in [0.2, 0.25) is 0 Å². The van der Waals surface area contributed by atoms with Gasteiger partial charge in [0.05, 0.1) is 9.83 Å². The number of amides is 1. The molecular weight excluding hydrogens is 254 g/mol. The quantitative estimate of drug-likeness (QED) is 0.419. The predicted octanol–water partition coefficient (Wildman–Crippen LogP) is 0.370. The number of carbonyl (C=O) groups excluding carboxylic acids is 1. The van der Waals surface area contributed by atoms with Crippen molar-refractivity contribution in [2.45, 2.75) is 12.5 Å². The summed E-state index contributed by atoms with van der Waals surface area (Å²) in [6, 6.07) is 3.28. The number of hydrazine groups is 1. The van der Waals surface area contributed by atoms with E-state index >= 15 is 0 Å². The maximum absolute atomic E-state index is 11.0. The van der Waals surface area contributed by atoms with Gasteiger partial charge in [-0.25, -0.2) is 5.84 Å². The van der Waals surface area contributed by atoms with Crippen LogP contribution < -0.4 is 17.0 Å². The standard InChI is InChI=1S/C7H10BrN3OS/c8-6-2-1-4(13-6)3-5(9)7(12)11-10/h1-2,5H,3,9-10H2,(H,11,12). The molecule has 0 aliphatic carbocycles. The van der Waals surface area contributed by atoms with Crippen LogP contribution in [-0.2, 0) is 11.2 Å². The van der Waals surface area contributed by atoms with Gasteiger partial charge in [-0.05, 0) is 28.1 Å². The first-order valence-corrected chi connectivity index (χ1v) is 5.24. The van der Waals surface area contributed by atoms with Gasteiger partial charge in [0.1, 0.15) is 0 Å². The number of carbonyl (C=O) groups is 1. The molecule has 0 saturated carbocycles. The minimum absolute atomic E-state index is 0.343. The lowest BCUT2D eigenvalue weighted by molar-refractivity contribution is -0.122. The Morgan fingerprint density at radius 3 is 2.85 bits per heavy atom. The molecule has 4 nitrogen and oxygen atoms in total. The molecule has 0 radical (unpaired) electrons. The molecule has 5 N–H and O–H groups in total. The van der Waals surface area contributed by atoms with Gasteiger partial charge in [0.25, 0.3) is 5.91 Å². The van der Waals surface area contributed by atoms with E-state index < -0.39 is 6.04 Å². The van der Waals surface area contributed by atoms with E-state index in [1.54, 1.807) is 11.3 Å². The number of rotatable bonds is 3. The maximum Gasteiger partial charge on any atom is 0.251 e. The molecule has 1 aromatic heterocycles. The van der Waals surface area contributed by atoms with Gasteiger partial charge >= 0.3 is 0 Å². The van der Waals surface area contributed by atoms with Crippen molar-refractivity contribution in [2.24, 2.45) is 11.6 Å². The van der Waals surface area contributed by atoms with Crippen molar-refractivity contribution < 1.29 is 4.79 Å².